The fraction of sp³-hybridized carbons (Fsp3) is 0.792. The van der Waals surface area contributed by atoms with Crippen molar-refractivity contribution in [1.29, 1.82) is 0 Å². The Bertz CT molecular complexity index is 751. The monoisotopic (exact) mass is 515 g/mol. The van der Waals surface area contributed by atoms with Gasteiger partial charge in [-0.3, -0.25) is 24.0 Å². The lowest BCUT2D eigenvalue weighted by Crippen LogP contribution is -2.58. The summed E-state index contributed by atoms with van der Waals surface area (Å²) in [5, 5.41) is 10.0. The number of hydrogen-bond acceptors (Lipinski definition) is 6. The maximum absolute atomic E-state index is 13.0. The Kier molecular flexibility index (Phi) is 13.4. The van der Waals surface area contributed by atoms with E-state index < -0.39 is 40.1 Å². The number of carbonyl (C=O) groups is 5. The highest BCUT2D eigenvalue weighted by atomic mass is 32.1. The Morgan fingerprint density at radius 3 is 1.97 bits per heavy atom. The molecule has 0 aliphatic carbocycles. The summed E-state index contributed by atoms with van der Waals surface area (Å²) in [4.78, 5) is 63.2. The molecule has 0 aromatic heterocycles. The van der Waals surface area contributed by atoms with E-state index in [1.54, 1.807) is 20.8 Å². The molecule has 11 heteroatoms. The molecule has 10 nitrogen and oxygen atoms in total. The Labute approximate surface area is 215 Å². The van der Waals surface area contributed by atoms with Gasteiger partial charge in [-0.05, 0) is 44.9 Å². The van der Waals surface area contributed by atoms with E-state index in [1.165, 1.54) is 11.9 Å². The van der Waals surface area contributed by atoms with Crippen LogP contribution in [0.25, 0.3) is 0 Å². The van der Waals surface area contributed by atoms with E-state index >= 15 is 0 Å². The normalized spacial score (nSPS) is 14.4. The topological polar surface area (TPSA) is 137 Å². The summed E-state index contributed by atoms with van der Waals surface area (Å²) in [5.74, 6) is -1.44. The van der Waals surface area contributed by atoms with Gasteiger partial charge in [-0.15, -0.1) is 0 Å². The number of thiol groups is 1. The minimum atomic E-state index is -1.03. The van der Waals surface area contributed by atoms with E-state index in [4.69, 9.17) is 0 Å². The Morgan fingerprint density at radius 1 is 0.971 bits per heavy atom. The summed E-state index contributed by atoms with van der Waals surface area (Å²) in [5.41, 5.74) is -1.56. The predicted molar refractivity (Wildman–Crippen MR) is 140 cm³/mol. The van der Waals surface area contributed by atoms with Crippen molar-refractivity contribution in [1.82, 2.24) is 26.2 Å². The molecule has 202 valence electrons. The third kappa shape index (κ3) is 10.5. The summed E-state index contributed by atoms with van der Waals surface area (Å²) in [7, 11) is 1.50. The molecule has 0 heterocycles. The lowest BCUT2D eigenvalue weighted by molar-refractivity contribution is -0.138. The van der Waals surface area contributed by atoms with Crippen molar-refractivity contribution in [3.63, 3.8) is 0 Å². The number of likely N-dealkylation sites (N-methyl/N-ethyl adjacent to an activating group) is 2. The second-order valence-corrected chi connectivity index (χ2v) is 11.2. The molecular weight excluding hydrogens is 470 g/mol. The zero-order valence-electron chi connectivity index (χ0n) is 22.7. The number of hydrogen-bond donors (Lipinski definition) is 5. The Balaban J connectivity index is 5.17. The van der Waals surface area contributed by atoms with Gasteiger partial charge in [0.2, 0.25) is 30.0 Å². The summed E-state index contributed by atoms with van der Waals surface area (Å²) in [6.07, 6.45) is 1.23. The fourth-order valence-electron chi connectivity index (χ4n) is 3.44. The molecule has 3 atom stereocenters. The Morgan fingerprint density at radius 2 is 1.54 bits per heavy atom. The van der Waals surface area contributed by atoms with E-state index in [1.807, 2.05) is 34.6 Å². The first-order valence-corrected chi connectivity index (χ1v) is 12.5. The van der Waals surface area contributed by atoms with Crippen molar-refractivity contribution in [3.05, 3.63) is 0 Å². The van der Waals surface area contributed by atoms with Gasteiger partial charge in [0.05, 0.1) is 5.25 Å². The van der Waals surface area contributed by atoms with Crippen LogP contribution in [0.2, 0.25) is 0 Å². The van der Waals surface area contributed by atoms with Gasteiger partial charge in [-0.25, -0.2) is 0 Å². The first-order valence-electron chi connectivity index (χ1n) is 12.0. The molecule has 0 fully saturated rings. The van der Waals surface area contributed by atoms with E-state index in [9.17, 15) is 24.0 Å². The highest BCUT2D eigenvalue weighted by molar-refractivity contribution is 7.81. The van der Waals surface area contributed by atoms with E-state index in [0.29, 0.717) is 19.4 Å². The van der Waals surface area contributed by atoms with Gasteiger partial charge < -0.3 is 26.2 Å². The molecule has 0 saturated heterocycles. The molecule has 0 spiro atoms. The van der Waals surface area contributed by atoms with E-state index in [-0.39, 0.29) is 30.7 Å². The number of amides is 5. The second kappa shape index (κ2) is 14.3. The van der Waals surface area contributed by atoms with Gasteiger partial charge in [0.25, 0.3) is 0 Å². The third-order valence-electron chi connectivity index (χ3n) is 5.75. The molecule has 0 aromatic rings. The molecule has 0 saturated carbocycles. The molecular formula is C24H45N5O5S. The molecule has 2 unspecified atom stereocenters. The molecule has 0 bridgehead atoms. The quantitative estimate of drug-likeness (QED) is 0.173. The van der Waals surface area contributed by atoms with Crippen molar-refractivity contribution in [2.45, 2.75) is 91.1 Å². The van der Waals surface area contributed by atoms with Gasteiger partial charge in [0, 0.05) is 20.1 Å². The molecule has 4 N–H and O–H groups in total. The van der Waals surface area contributed by atoms with Crippen molar-refractivity contribution < 1.29 is 24.0 Å². The average Bonchev–Trinajstić information content (AvgIpc) is 2.75. The minimum Gasteiger partial charge on any atom is -0.357 e. The maximum Gasteiger partial charge on any atom is 0.245 e. The van der Waals surface area contributed by atoms with Gasteiger partial charge in [0.1, 0.15) is 17.6 Å². The molecule has 35 heavy (non-hydrogen) atoms. The van der Waals surface area contributed by atoms with Crippen LogP contribution < -0.4 is 21.3 Å². The maximum atomic E-state index is 13.0. The number of rotatable bonds is 14. The van der Waals surface area contributed by atoms with E-state index in [0.717, 1.165) is 0 Å². The molecule has 0 aliphatic heterocycles. The first kappa shape index (κ1) is 32.7. The van der Waals surface area contributed by atoms with Crippen LogP contribution in [-0.4, -0.2) is 77.9 Å². The minimum absolute atomic E-state index is 0.110. The molecule has 5 amide bonds. The molecule has 0 aliphatic rings. The van der Waals surface area contributed by atoms with Crippen molar-refractivity contribution >= 4 is 42.7 Å². The predicted octanol–water partition coefficient (Wildman–Crippen LogP) is 0.856. The van der Waals surface area contributed by atoms with Crippen molar-refractivity contribution in [2.75, 3.05) is 20.1 Å². The summed E-state index contributed by atoms with van der Waals surface area (Å²) < 4.78 is 0. The zero-order chi connectivity index (χ0) is 27.6. The van der Waals surface area contributed by atoms with Crippen molar-refractivity contribution in [2.24, 2.45) is 11.3 Å². The lowest BCUT2D eigenvalue weighted by atomic mass is 9.85. The van der Waals surface area contributed by atoms with Crippen LogP contribution in [0.15, 0.2) is 0 Å². The van der Waals surface area contributed by atoms with Crippen LogP contribution >= 0.6 is 12.6 Å². The molecule has 0 radical (unpaired) electrons. The fourth-order valence-corrected chi connectivity index (χ4v) is 3.64. The van der Waals surface area contributed by atoms with Gasteiger partial charge in [0.15, 0.2) is 0 Å². The first-order chi connectivity index (χ1) is 16.0. The highest BCUT2D eigenvalue weighted by Gasteiger charge is 2.35. The highest BCUT2D eigenvalue weighted by Crippen LogP contribution is 2.20. The van der Waals surface area contributed by atoms with Crippen LogP contribution in [0.4, 0.5) is 0 Å². The lowest BCUT2D eigenvalue weighted by Gasteiger charge is -2.33. The van der Waals surface area contributed by atoms with Crippen LogP contribution in [-0.2, 0) is 24.0 Å². The van der Waals surface area contributed by atoms with Gasteiger partial charge in [-0.2, -0.15) is 12.6 Å². The molecule has 0 rings (SSSR count). The standard InChI is InChI=1S/C24H45N5O5S/c1-10-29(14-30)24(7,8)22(34)26-12-11-17(35)20(32)27-16(13-15(2)3)19(31)28-18(21(33)25-9)23(4,5)6/h14-18,35H,10-13H2,1-9H3,(H,25,33)(H,26,34)(H,27,32)(H,28,31)/t16?,17-,18?/m1/s1. The van der Waals surface area contributed by atoms with Crippen LogP contribution in [0.1, 0.15) is 68.2 Å². The summed E-state index contributed by atoms with van der Waals surface area (Å²) in [6.45, 7) is 15.0. The third-order valence-corrected chi connectivity index (χ3v) is 6.24. The van der Waals surface area contributed by atoms with Crippen LogP contribution in [0.5, 0.6) is 0 Å². The summed E-state index contributed by atoms with van der Waals surface area (Å²) in [6, 6.07) is -1.61. The number of nitrogens with one attached hydrogen (secondary N) is 4. The Hall–Kier alpha value is -2.30. The van der Waals surface area contributed by atoms with Gasteiger partial charge in [-0.1, -0.05) is 34.6 Å². The number of nitrogens with zero attached hydrogens (tertiary/aromatic N) is 1. The molecule has 0 aromatic carbocycles. The second-order valence-electron chi connectivity index (χ2n) is 10.6. The largest absolute Gasteiger partial charge is 0.357 e. The van der Waals surface area contributed by atoms with Crippen LogP contribution in [0.3, 0.4) is 0 Å². The van der Waals surface area contributed by atoms with E-state index in [2.05, 4.69) is 33.9 Å². The smallest absolute Gasteiger partial charge is 0.245 e. The average molecular weight is 516 g/mol. The summed E-state index contributed by atoms with van der Waals surface area (Å²) >= 11 is 4.35. The SMILES string of the molecule is CCN(C=O)C(C)(C)C(=O)NCC[C@@H](S)C(=O)NC(CC(C)C)C(=O)NC(C(=O)NC)C(C)(C)C. The van der Waals surface area contributed by atoms with Crippen molar-refractivity contribution in [3.8, 4) is 0 Å². The number of carbonyl (C=O) groups excluding carboxylic acids is 5. The zero-order valence-corrected chi connectivity index (χ0v) is 23.5. The van der Waals surface area contributed by atoms with Gasteiger partial charge >= 0.3 is 0 Å². The van der Waals surface area contributed by atoms with Crippen LogP contribution in [0, 0.1) is 11.3 Å².